The zero-order valence-corrected chi connectivity index (χ0v) is 15.5. The van der Waals surface area contributed by atoms with Gasteiger partial charge in [0.15, 0.2) is 0 Å². The molecule has 1 amide bonds. The highest BCUT2D eigenvalue weighted by molar-refractivity contribution is 5.92. The summed E-state index contributed by atoms with van der Waals surface area (Å²) >= 11 is 0. The molecule has 1 N–H and O–H groups in total. The Morgan fingerprint density at radius 2 is 1.85 bits per heavy atom. The summed E-state index contributed by atoms with van der Waals surface area (Å²) in [7, 11) is 0. The number of carbonyl (C=O) groups excluding carboxylic acids is 1. The first-order chi connectivity index (χ1) is 12.8. The van der Waals surface area contributed by atoms with Crippen LogP contribution in [-0.4, -0.2) is 62.9 Å². The minimum Gasteiger partial charge on any atom is -0.378 e. The molecule has 150 valence electrons. The smallest absolute Gasteiger partial charge is 0.378 e. The van der Waals surface area contributed by atoms with Crippen LogP contribution < -0.4 is 10.2 Å². The molecule has 0 aliphatic carbocycles. The number of morpholine rings is 1. The van der Waals surface area contributed by atoms with Crippen LogP contribution in [0.15, 0.2) is 24.3 Å². The van der Waals surface area contributed by atoms with Crippen molar-refractivity contribution in [1.29, 1.82) is 0 Å². The molecule has 0 aromatic heterocycles. The number of benzene rings is 1. The maximum absolute atomic E-state index is 13.1. The van der Waals surface area contributed by atoms with E-state index < -0.39 is 18.0 Å². The summed E-state index contributed by atoms with van der Waals surface area (Å²) in [5.74, 6) is -2.06. The SMILES string of the molecule is CC1CCN(CC(=O)Nc2ccc(N3CCOCC3)cc2)CC1C(F)(F)F. The number of ether oxygens (including phenoxy) is 1. The summed E-state index contributed by atoms with van der Waals surface area (Å²) in [4.78, 5) is 16.0. The highest BCUT2D eigenvalue weighted by Gasteiger charge is 2.45. The van der Waals surface area contributed by atoms with Gasteiger partial charge in [-0.2, -0.15) is 13.2 Å². The zero-order chi connectivity index (χ0) is 19.4. The quantitative estimate of drug-likeness (QED) is 0.866. The second-order valence-corrected chi connectivity index (χ2v) is 7.34. The lowest BCUT2D eigenvalue weighted by molar-refractivity contribution is -0.199. The number of anilines is 2. The van der Waals surface area contributed by atoms with Gasteiger partial charge in [-0.15, -0.1) is 0 Å². The molecule has 8 heteroatoms. The Bertz CT molecular complexity index is 630. The van der Waals surface area contributed by atoms with Crippen LogP contribution in [-0.2, 0) is 9.53 Å². The van der Waals surface area contributed by atoms with E-state index in [1.807, 2.05) is 24.3 Å². The van der Waals surface area contributed by atoms with Gasteiger partial charge in [0, 0.05) is 31.0 Å². The van der Waals surface area contributed by atoms with E-state index in [2.05, 4.69) is 10.2 Å². The van der Waals surface area contributed by atoms with E-state index in [4.69, 9.17) is 4.74 Å². The van der Waals surface area contributed by atoms with Crippen LogP contribution in [0.5, 0.6) is 0 Å². The first-order valence-corrected chi connectivity index (χ1v) is 9.34. The molecule has 2 saturated heterocycles. The van der Waals surface area contributed by atoms with Crippen molar-refractivity contribution in [3.8, 4) is 0 Å². The maximum Gasteiger partial charge on any atom is 0.393 e. The van der Waals surface area contributed by atoms with Gasteiger partial charge in [0.2, 0.25) is 5.91 Å². The van der Waals surface area contributed by atoms with Crippen LogP contribution in [0.2, 0.25) is 0 Å². The summed E-state index contributed by atoms with van der Waals surface area (Å²) < 4.78 is 44.6. The molecular weight excluding hydrogens is 359 g/mol. The van der Waals surface area contributed by atoms with Gasteiger partial charge in [0.1, 0.15) is 0 Å². The van der Waals surface area contributed by atoms with Crippen molar-refractivity contribution in [2.24, 2.45) is 11.8 Å². The number of hydrogen-bond donors (Lipinski definition) is 1. The van der Waals surface area contributed by atoms with Crippen LogP contribution in [0.3, 0.4) is 0 Å². The number of carbonyl (C=O) groups is 1. The molecule has 5 nitrogen and oxygen atoms in total. The third-order valence-electron chi connectivity index (χ3n) is 5.36. The molecule has 2 fully saturated rings. The van der Waals surface area contributed by atoms with Crippen LogP contribution in [0.1, 0.15) is 13.3 Å². The third kappa shape index (κ3) is 5.35. The van der Waals surface area contributed by atoms with Crippen molar-refractivity contribution < 1.29 is 22.7 Å². The number of piperidine rings is 1. The normalized spacial score (nSPS) is 24.7. The molecule has 3 rings (SSSR count). The van der Waals surface area contributed by atoms with Crippen molar-refractivity contribution >= 4 is 17.3 Å². The predicted molar refractivity (Wildman–Crippen MR) is 97.9 cm³/mol. The van der Waals surface area contributed by atoms with E-state index in [1.165, 1.54) is 0 Å². The summed E-state index contributed by atoms with van der Waals surface area (Å²) in [5.41, 5.74) is 1.71. The Labute approximate surface area is 157 Å². The number of nitrogens with zero attached hydrogens (tertiary/aromatic N) is 2. The van der Waals surface area contributed by atoms with Crippen LogP contribution in [0, 0.1) is 11.8 Å². The average Bonchev–Trinajstić information content (AvgIpc) is 2.64. The molecule has 0 bridgehead atoms. The number of nitrogens with one attached hydrogen (secondary N) is 1. The molecule has 27 heavy (non-hydrogen) atoms. The maximum atomic E-state index is 13.1. The van der Waals surface area contributed by atoms with Gasteiger partial charge < -0.3 is 15.0 Å². The van der Waals surface area contributed by atoms with Crippen molar-refractivity contribution in [3.05, 3.63) is 24.3 Å². The number of amides is 1. The Kier molecular flexibility index (Phi) is 6.26. The Balaban J connectivity index is 1.51. The lowest BCUT2D eigenvalue weighted by Crippen LogP contribution is -2.48. The largest absolute Gasteiger partial charge is 0.393 e. The molecule has 2 atom stereocenters. The first-order valence-electron chi connectivity index (χ1n) is 9.34. The number of likely N-dealkylation sites (tertiary alicyclic amines) is 1. The Hall–Kier alpha value is -1.80. The Morgan fingerprint density at radius 3 is 2.48 bits per heavy atom. The lowest BCUT2D eigenvalue weighted by Gasteiger charge is -2.37. The van der Waals surface area contributed by atoms with Crippen LogP contribution >= 0.6 is 0 Å². The number of rotatable bonds is 4. The van der Waals surface area contributed by atoms with Gasteiger partial charge in [0.05, 0.1) is 25.7 Å². The van der Waals surface area contributed by atoms with Crippen LogP contribution in [0.25, 0.3) is 0 Å². The fourth-order valence-corrected chi connectivity index (χ4v) is 3.69. The van der Waals surface area contributed by atoms with E-state index in [0.717, 1.165) is 18.8 Å². The van der Waals surface area contributed by atoms with Crippen LogP contribution in [0.4, 0.5) is 24.5 Å². The zero-order valence-electron chi connectivity index (χ0n) is 15.5. The van der Waals surface area contributed by atoms with E-state index in [1.54, 1.807) is 11.8 Å². The molecule has 0 radical (unpaired) electrons. The molecule has 2 aliphatic heterocycles. The van der Waals surface area contributed by atoms with Gasteiger partial charge in [-0.25, -0.2) is 0 Å². The molecule has 2 unspecified atom stereocenters. The summed E-state index contributed by atoms with van der Waals surface area (Å²) in [5, 5.41) is 2.78. The van der Waals surface area contributed by atoms with E-state index >= 15 is 0 Å². The van der Waals surface area contributed by atoms with Crippen molar-refractivity contribution in [1.82, 2.24) is 4.90 Å². The number of halogens is 3. The summed E-state index contributed by atoms with van der Waals surface area (Å²) in [6.45, 7) is 5.07. The second-order valence-electron chi connectivity index (χ2n) is 7.34. The van der Waals surface area contributed by atoms with Crippen molar-refractivity contribution in [3.63, 3.8) is 0 Å². The van der Waals surface area contributed by atoms with E-state index in [9.17, 15) is 18.0 Å². The van der Waals surface area contributed by atoms with Crippen molar-refractivity contribution in [2.75, 3.05) is 56.2 Å². The minimum atomic E-state index is -4.22. The Morgan fingerprint density at radius 1 is 1.19 bits per heavy atom. The van der Waals surface area contributed by atoms with Gasteiger partial charge in [0.25, 0.3) is 0 Å². The fourth-order valence-electron chi connectivity index (χ4n) is 3.69. The molecule has 1 aromatic rings. The standard InChI is InChI=1S/C19H26F3N3O2/c1-14-6-7-24(12-17(14)19(20,21)22)13-18(26)23-15-2-4-16(5-3-15)25-8-10-27-11-9-25/h2-5,14,17H,6-13H2,1H3,(H,23,26). The van der Waals surface area contributed by atoms with Gasteiger partial charge >= 0.3 is 6.18 Å². The lowest BCUT2D eigenvalue weighted by atomic mass is 9.86. The number of hydrogen-bond acceptors (Lipinski definition) is 4. The summed E-state index contributed by atoms with van der Waals surface area (Å²) in [6, 6.07) is 7.51. The van der Waals surface area contributed by atoms with Crippen molar-refractivity contribution in [2.45, 2.75) is 19.5 Å². The average molecular weight is 385 g/mol. The molecule has 2 aliphatic rings. The first kappa shape index (κ1) is 19.9. The van der Waals surface area contributed by atoms with Gasteiger partial charge in [-0.05, 0) is 43.1 Å². The third-order valence-corrected chi connectivity index (χ3v) is 5.36. The highest BCUT2D eigenvalue weighted by atomic mass is 19.4. The summed E-state index contributed by atoms with van der Waals surface area (Å²) in [6.07, 6.45) is -3.77. The minimum absolute atomic E-state index is 0.0233. The molecule has 1 aromatic carbocycles. The highest BCUT2D eigenvalue weighted by Crippen LogP contribution is 2.36. The monoisotopic (exact) mass is 385 g/mol. The molecule has 0 spiro atoms. The molecule has 2 heterocycles. The number of alkyl halides is 3. The molecular formula is C19H26F3N3O2. The van der Waals surface area contributed by atoms with E-state index in [0.29, 0.717) is 31.9 Å². The topological polar surface area (TPSA) is 44.8 Å². The second kappa shape index (κ2) is 8.48. The fraction of sp³-hybridized carbons (Fsp3) is 0.632. The van der Waals surface area contributed by atoms with E-state index in [-0.39, 0.29) is 19.0 Å². The van der Waals surface area contributed by atoms with Gasteiger partial charge in [-0.1, -0.05) is 6.92 Å². The van der Waals surface area contributed by atoms with Gasteiger partial charge in [-0.3, -0.25) is 9.69 Å². The predicted octanol–water partition coefficient (Wildman–Crippen LogP) is 2.98. The molecule has 0 saturated carbocycles.